The third kappa shape index (κ3) is 3.16. The Balaban J connectivity index is 1.88. The van der Waals surface area contributed by atoms with Crippen LogP contribution in [0, 0.1) is 11.7 Å². The van der Waals surface area contributed by atoms with E-state index in [1.807, 2.05) is 0 Å². The number of alkyl halides is 1. The highest BCUT2D eigenvalue weighted by molar-refractivity contribution is 6.20. The lowest BCUT2D eigenvalue weighted by Gasteiger charge is -2.10. The average Bonchev–Trinajstić information content (AvgIpc) is 2.73. The zero-order valence-electron chi connectivity index (χ0n) is 9.33. The molecule has 0 aromatic carbocycles. The van der Waals surface area contributed by atoms with E-state index < -0.39 is 5.82 Å². The van der Waals surface area contributed by atoms with E-state index in [1.54, 1.807) is 0 Å². The summed E-state index contributed by atoms with van der Waals surface area (Å²) in [5.41, 5.74) is 0.0421. The zero-order chi connectivity index (χ0) is 12.3. The van der Waals surface area contributed by atoms with Crippen LogP contribution in [-0.2, 0) is 0 Å². The molecule has 1 heterocycles. The number of nitrogens with one attached hydrogen (secondary N) is 1. The topological polar surface area (TPSA) is 42.0 Å². The SMILES string of the molecule is O=C(NCC1CCC(Cl)C1)c1ccncc1F. The lowest BCUT2D eigenvalue weighted by atomic mass is 10.1. The molecule has 1 aromatic rings. The molecule has 92 valence electrons. The maximum Gasteiger partial charge on any atom is 0.254 e. The van der Waals surface area contributed by atoms with E-state index in [2.05, 4.69) is 10.3 Å². The molecule has 2 unspecified atom stereocenters. The Hall–Kier alpha value is -1.16. The van der Waals surface area contributed by atoms with Gasteiger partial charge in [-0.2, -0.15) is 0 Å². The van der Waals surface area contributed by atoms with Crippen molar-refractivity contribution in [2.24, 2.45) is 5.92 Å². The lowest BCUT2D eigenvalue weighted by molar-refractivity contribution is 0.0943. The molecule has 1 aliphatic carbocycles. The van der Waals surface area contributed by atoms with Crippen LogP contribution in [-0.4, -0.2) is 22.8 Å². The number of aromatic nitrogens is 1. The molecule has 1 N–H and O–H groups in total. The Labute approximate surface area is 104 Å². The van der Waals surface area contributed by atoms with Gasteiger partial charge in [-0.15, -0.1) is 11.6 Å². The molecule has 1 saturated carbocycles. The smallest absolute Gasteiger partial charge is 0.254 e. The van der Waals surface area contributed by atoms with Gasteiger partial charge in [0.15, 0.2) is 5.82 Å². The van der Waals surface area contributed by atoms with Crippen molar-refractivity contribution in [2.75, 3.05) is 6.54 Å². The van der Waals surface area contributed by atoms with Gasteiger partial charge in [-0.3, -0.25) is 9.78 Å². The zero-order valence-corrected chi connectivity index (χ0v) is 10.1. The monoisotopic (exact) mass is 256 g/mol. The molecule has 5 heteroatoms. The first kappa shape index (κ1) is 12.3. The van der Waals surface area contributed by atoms with Gasteiger partial charge < -0.3 is 5.32 Å². The van der Waals surface area contributed by atoms with Crippen molar-refractivity contribution in [3.63, 3.8) is 0 Å². The van der Waals surface area contributed by atoms with Gasteiger partial charge in [-0.25, -0.2) is 4.39 Å². The number of amides is 1. The molecule has 0 spiro atoms. The molecule has 2 rings (SSSR count). The summed E-state index contributed by atoms with van der Waals surface area (Å²) in [6.07, 6.45) is 5.38. The summed E-state index contributed by atoms with van der Waals surface area (Å²) in [6.45, 7) is 0.559. The summed E-state index contributed by atoms with van der Waals surface area (Å²) >= 11 is 5.98. The van der Waals surface area contributed by atoms with Crippen molar-refractivity contribution in [1.82, 2.24) is 10.3 Å². The molecule has 1 fully saturated rings. The molecule has 1 aromatic heterocycles. The first-order valence-corrected chi connectivity index (χ1v) is 6.12. The predicted molar refractivity (Wildman–Crippen MR) is 63.5 cm³/mol. The summed E-state index contributed by atoms with van der Waals surface area (Å²) in [6, 6.07) is 1.38. The number of hydrogen-bond donors (Lipinski definition) is 1. The van der Waals surface area contributed by atoms with Crippen LogP contribution >= 0.6 is 11.6 Å². The second kappa shape index (κ2) is 5.45. The Morgan fingerprint density at radius 3 is 3.06 bits per heavy atom. The number of carbonyl (C=O) groups excluding carboxylic acids is 1. The minimum atomic E-state index is -0.591. The summed E-state index contributed by atoms with van der Waals surface area (Å²) in [5.74, 6) is -0.569. The Kier molecular flexibility index (Phi) is 3.94. The lowest BCUT2D eigenvalue weighted by Crippen LogP contribution is -2.29. The van der Waals surface area contributed by atoms with Gasteiger partial charge in [-0.05, 0) is 31.2 Å². The summed E-state index contributed by atoms with van der Waals surface area (Å²) in [5, 5.41) is 2.95. The molecule has 0 radical (unpaired) electrons. The van der Waals surface area contributed by atoms with E-state index in [0.29, 0.717) is 12.5 Å². The molecular weight excluding hydrogens is 243 g/mol. The normalized spacial score (nSPS) is 23.6. The predicted octanol–water partition coefficient (Wildman–Crippen LogP) is 2.36. The fourth-order valence-electron chi connectivity index (χ4n) is 2.09. The van der Waals surface area contributed by atoms with Gasteiger partial charge in [0, 0.05) is 18.1 Å². The van der Waals surface area contributed by atoms with E-state index in [1.165, 1.54) is 12.3 Å². The van der Waals surface area contributed by atoms with Crippen molar-refractivity contribution < 1.29 is 9.18 Å². The number of halogens is 2. The molecule has 0 aliphatic heterocycles. The molecule has 0 saturated heterocycles. The second-order valence-electron chi connectivity index (χ2n) is 4.34. The molecule has 17 heavy (non-hydrogen) atoms. The number of hydrogen-bond acceptors (Lipinski definition) is 2. The van der Waals surface area contributed by atoms with E-state index >= 15 is 0 Å². The number of rotatable bonds is 3. The molecule has 2 atom stereocenters. The molecular formula is C12H14ClFN2O. The van der Waals surface area contributed by atoms with Crippen molar-refractivity contribution in [3.05, 3.63) is 29.8 Å². The second-order valence-corrected chi connectivity index (χ2v) is 4.96. The minimum Gasteiger partial charge on any atom is -0.352 e. The van der Waals surface area contributed by atoms with E-state index in [-0.39, 0.29) is 16.8 Å². The maximum absolute atomic E-state index is 13.3. The van der Waals surface area contributed by atoms with E-state index in [9.17, 15) is 9.18 Å². The van der Waals surface area contributed by atoms with E-state index in [4.69, 9.17) is 11.6 Å². The van der Waals surface area contributed by atoms with Gasteiger partial charge in [0.2, 0.25) is 0 Å². The summed E-state index contributed by atoms with van der Waals surface area (Å²) < 4.78 is 13.3. The Morgan fingerprint density at radius 2 is 2.41 bits per heavy atom. The van der Waals surface area contributed by atoms with Gasteiger partial charge in [-0.1, -0.05) is 0 Å². The average molecular weight is 257 g/mol. The quantitative estimate of drug-likeness (QED) is 0.844. The van der Waals surface area contributed by atoms with Crippen LogP contribution in [0.15, 0.2) is 18.5 Å². The highest BCUT2D eigenvalue weighted by atomic mass is 35.5. The number of pyridine rings is 1. The molecule has 3 nitrogen and oxygen atoms in total. The van der Waals surface area contributed by atoms with E-state index in [0.717, 1.165) is 25.5 Å². The first-order chi connectivity index (χ1) is 8.16. The Morgan fingerprint density at radius 1 is 1.59 bits per heavy atom. The fraction of sp³-hybridized carbons (Fsp3) is 0.500. The van der Waals surface area contributed by atoms with Gasteiger partial charge >= 0.3 is 0 Å². The molecule has 1 amide bonds. The number of nitrogens with zero attached hydrogens (tertiary/aromatic N) is 1. The molecule has 0 bridgehead atoms. The van der Waals surface area contributed by atoms with Crippen LogP contribution < -0.4 is 5.32 Å². The largest absolute Gasteiger partial charge is 0.352 e. The summed E-state index contributed by atoms with van der Waals surface area (Å²) in [4.78, 5) is 15.3. The van der Waals surface area contributed by atoms with Gasteiger partial charge in [0.25, 0.3) is 5.91 Å². The standard InChI is InChI=1S/C12H14ClFN2O/c13-9-2-1-8(5-9)6-16-12(17)10-3-4-15-7-11(10)14/h3-4,7-9H,1-2,5-6H2,(H,16,17). The van der Waals surface area contributed by atoms with Crippen molar-refractivity contribution in [2.45, 2.75) is 24.6 Å². The van der Waals surface area contributed by atoms with Crippen LogP contribution in [0.2, 0.25) is 0 Å². The maximum atomic E-state index is 13.3. The Bertz CT molecular complexity index is 413. The van der Waals surface area contributed by atoms with Crippen LogP contribution in [0.1, 0.15) is 29.6 Å². The molecule has 1 aliphatic rings. The highest BCUT2D eigenvalue weighted by Gasteiger charge is 2.23. The van der Waals surface area contributed by atoms with Gasteiger partial charge in [0.1, 0.15) is 0 Å². The van der Waals surface area contributed by atoms with Gasteiger partial charge in [0.05, 0.1) is 11.8 Å². The van der Waals surface area contributed by atoms with Crippen LogP contribution in [0.3, 0.4) is 0 Å². The van der Waals surface area contributed by atoms with Crippen LogP contribution in [0.5, 0.6) is 0 Å². The van der Waals surface area contributed by atoms with Crippen LogP contribution in [0.25, 0.3) is 0 Å². The van der Waals surface area contributed by atoms with Crippen molar-refractivity contribution in [3.8, 4) is 0 Å². The minimum absolute atomic E-state index is 0.0421. The number of carbonyl (C=O) groups is 1. The third-order valence-corrected chi connectivity index (χ3v) is 3.44. The third-order valence-electron chi connectivity index (χ3n) is 3.05. The fourth-order valence-corrected chi connectivity index (χ4v) is 2.47. The summed E-state index contributed by atoms with van der Waals surface area (Å²) in [7, 11) is 0. The van der Waals surface area contributed by atoms with Crippen molar-refractivity contribution in [1.29, 1.82) is 0 Å². The highest BCUT2D eigenvalue weighted by Crippen LogP contribution is 2.28. The van der Waals surface area contributed by atoms with Crippen molar-refractivity contribution >= 4 is 17.5 Å². The first-order valence-electron chi connectivity index (χ1n) is 5.68. The van der Waals surface area contributed by atoms with Crippen LogP contribution in [0.4, 0.5) is 4.39 Å².